The lowest BCUT2D eigenvalue weighted by atomic mass is 10.2. The smallest absolute Gasteiger partial charge is 0.251 e. The highest BCUT2D eigenvalue weighted by molar-refractivity contribution is 6.31. The van der Waals surface area contributed by atoms with Crippen molar-refractivity contribution in [2.45, 2.75) is 12.8 Å². The first-order valence-electron chi connectivity index (χ1n) is 6.54. The van der Waals surface area contributed by atoms with E-state index in [1.807, 2.05) is 0 Å². The monoisotopic (exact) mass is 300 g/mol. The number of benzene rings is 1. The zero-order valence-corrected chi connectivity index (χ0v) is 12.4. The molecule has 1 rings (SSSR count). The van der Waals surface area contributed by atoms with Gasteiger partial charge in [-0.3, -0.25) is 4.79 Å². The van der Waals surface area contributed by atoms with E-state index in [1.165, 1.54) is 0 Å². The SMILES string of the molecule is COCCOCCCCNC(=O)c1cc(N)cc(Cl)c1. The number of anilines is 1. The maximum absolute atomic E-state index is 11.9. The summed E-state index contributed by atoms with van der Waals surface area (Å²) in [6.45, 7) is 2.47. The molecular formula is C14H21ClN2O3. The first-order chi connectivity index (χ1) is 9.63. The van der Waals surface area contributed by atoms with Crippen molar-refractivity contribution in [2.75, 3.05) is 39.2 Å². The molecule has 0 radical (unpaired) electrons. The molecule has 1 aromatic carbocycles. The van der Waals surface area contributed by atoms with Crippen LogP contribution in [-0.2, 0) is 9.47 Å². The third-order valence-corrected chi connectivity index (χ3v) is 2.83. The van der Waals surface area contributed by atoms with E-state index in [2.05, 4.69) is 5.32 Å². The van der Waals surface area contributed by atoms with Crippen LogP contribution in [0.4, 0.5) is 5.69 Å². The van der Waals surface area contributed by atoms with Crippen molar-refractivity contribution < 1.29 is 14.3 Å². The highest BCUT2D eigenvalue weighted by Gasteiger charge is 2.06. The van der Waals surface area contributed by atoms with Gasteiger partial charge in [0.25, 0.3) is 5.91 Å². The molecule has 0 aliphatic rings. The number of nitrogens with two attached hydrogens (primary N) is 1. The summed E-state index contributed by atoms with van der Waals surface area (Å²) < 4.78 is 10.2. The number of unbranched alkanes of at least 4 members (excludes halogenated alkanes) is 1. The second kappa shape index (κ2) is 9.58. The molecule has 0 spiro atoms. The molecule has 20 heavy (non-hydrogen) atoms. The maximum Gasteiger partial charge on any atom is 0.251 e. The Morgan fingerprint density at radius 2 is 2.05 bits per heavy atom. The zero-order valence-electron chi connectivity index (χ0n) is 11.7. The van der Waals surface area contributed by atoms with E-state index in [4.69, 9.17) is 26.8 Å². The van der Waals surface area contributed by atoms with Crippen molar-refractivity contribution in [3.8, 4) is 0 Å². The Morgan fingerprint density at radius 1 is 1.25 bits per heavy atom. The number of hydrogen-bond acceptors (Lipinski definition) is 4. The standard InChI is InChI=1S/C14H21ClN2O3/c1-19-6-7-20-5-3-2-4-17-14(18)11-8-12(15)10-13(16)9-11/h8-10H,2-7,16H2,1H3,(H,17,18). The van der Waals surface area contributed by atoms with Crippen LogP contribution in [0.2, 0.25) is 5.02 Å². The van der Waals surface area contributed by atoms with Crippen molar-refractivity contribution in [3.63, 3.8) is 0 Å². The number of methoxy groups -OCH3 is 1. The predicted octanol–water partition coefficient (Wildman–Crippen LogP) is 2.10. The molecule has 0 aliphatic carbocycles. The van der Waals surface area contributed by atoms with Crippen LogP contribution in [0, 0.1) is 0 Å². The second-order valence-electron chi connectivity index (χ2n) is 4.34. The Hall–Kier alpha value is -1.30. The summed E-state index contributed by atoms with van der Waals surface area (Å²) in [5.74, 6) is -0.167. The van der Waals surface area contributed by atoms with E-state index in [9.17, 15) is 4.79 Å². The van der Waals surface area contributed by atoms with E-state index in [1.54, 1.807) is 25.3 Å². The van der Waals surface area contributed by atoms with Gasteiger partial charge in [-0.05, 0) is 31.0 Å². The van der Waals surface area contributed by atoms with Gasteiger partial charge < -0.3 is 20.5 Å². The average molecular weight is 301 g/mol. The fraction of sp³-hybridized carbons (Fsp3) is 0.500. The van der Waals surface area contributed by atoms with E-state index >= 15 is 0 Å². The first-order valence-corrected chi connectivity index (χ1v) is 6.92. The first kappa shape index (κ1) is 16.8. The summed E-state index contributed by atoms with van der Waals surface area (Å²) in [6.07, 6.45) is 1.75. The lowest BCUT2D eigenvalue weighted by Crippen LogP contribution is -2.24. The Labute approximate surface area is 124 Å². The maximum atomic E-state index is 11.9. The Kier molecular flexibility index (Phi) is 8.02. The van der Waals surface area contributed by atoms with Crippen LogP contribution in [0.3, 0.4) is 0 Å². The number of carbonyl (C=O) groups excluding carboxylic acids is 1. The molecule has 1 amide bonds. The third kappa shape index (κ3) is 6.75. The zero-order chi connectivity index (χ0) is 14.8. The van der Waals surface area contributed by atoms with E-state index < -0.39 is 0 Å². The third-order valence-electron chi connectivity index (χ3n) is 2.62. The molecule has 0 heterocycles. The molecule has 0 aliphatic heterocycles. The van der Waals surface area contributed by atoms with Gasteiger partial charge in [-0.2, -0.15) is 0 Å². The van der Waals surface area contributed by atoms with Crippen molar-refractivity contribution in [3.05, 3.63) is 28.8 Å². The fourth-order valence-electron chi connectivity index (χ4n) is 1.62. The summed E-state index contributed by atoms with van der Waals surface area (Å²) in [5, 5.41) is 3.28. The van der Waals surface area contributed by atoms with Crippen LogP contribution in [0.5, 0.6) is 0 Å². The Balaban J connectivity index is 2.17. The molecular weight excluding hydrogens is 280 g/mol. The number of rotatable bonds is 9. The topological polar surface area (TPSA) is 73.6 Å². The number of hydrogen-bond donors (Lipinski definition) is 2. The average Bonchev–Trinajstić information content (AvgIpc) is 2.40. The van der Waals surface area contributed by atoms with Gasteiger partial charge in [-0.25, -0.2) is 0 Å². The van der Waals surface area contributed by atoms with Gasteiger partial charge in [0.15, 0.2) is 0 Å². The number of nitrogen functional groups attached to an aromatic ring is 1. The molecule has 0 saturated heterocycles. The van der Waals surface area contributed by atoms with Crippen LogP contribution in [0.15, 0.2) is 18.2 Å². The highest BCUT2D eigenvalue weighted by atomic mass is 35.5. The number of halogens is 1. The van der Waals surface area contributed by atoms with Gasteiger partial charge in [-0.15, -0.1) is 0 Å². The van der Waals surface area contributed by atoms with Crippen LogP contribution in [-0.4, -0.2) is 39.4 Å². The minimum absolute atomic E-state index is 0.167. The van der Waals surface area contributed by atoms with Crippen LogP contribution in [0.25, 0.3) is 0 Å². The van der Waals surface area contributed by atoms with Crippen LogP contribution >= 0.6 is 11.6 Å². The molecule has 112 valence electrons. The van der Waals surface area contributed by atoms with Gasteiger partial charge >= 0.3 is 0 Å². The summed E-state index contributed by atoms with van der Waals surface area (Å²) >= 11 is 5.85. The van der Waals surface area contributed by atoms with E-state index in [0.29, 0.717) is 42.6 Å². The molecule has 0 fully saturated rings. The Morgan fingerprint density at radius 3 is 2.75 bits per heavy atom. The van der Waals surface area contributed by atoms with E-state index in [-0.39, 0.29) is 5.91 Å². The normalized spacial score (nSPS) is 10.5. The highest BCUT2D eigenvalue weighted by Crippen LogP contribution is 2.16. The molecule has 6 heteroatoms. The van der Waals surface area contributed by atoms with Gasteiger partial charge in [0.2, 0.25) is 0 Å². The molecule has 0 aromatic heterocycles. The second-order valence-corrected chi connectivity index (χ2v) is 4.78. The Bertz CT molecular complexity index is 407. The molecule has 0 bridgehead atoms. The van der Waals surface area contributed by atoms with Crippen LogP contribution < -0.4 is 11.1 Å². The minimum Gasteiger partial charge on any atom is -0.399 e. The lowest BCUT2D eigenvalue weighted by Gasteiger charge is -2.07. The number of carbonyl (C=O) groups is 1. The molecule has 5 nitrogen and oxygen atoms in total. The molecule has 3 N–H and O–H groups in total. The van der Waals surface area contributed by atoms with Gasteiger partial charge in [0.1, 0.15) is 0 Å². The quantitative estimate of drug-likeness (QED) is 0.541. The molecule has 0 atom stereocenters. The summed E-state index contributed by atoms with van der Waals surface area (Å²) in [7, 11) is 1.64. The van der Waals surface area contributed by atoms with Crippen molar-refractivity contribution in [2.24, 2.45) is 0 Å². The summed E-state index contributed by atoms with van der Waals surface area (Å²) in [6, 6.07) is 4.81. The predicted molar refractivity (Wildman–Crippen MR) is 80.1 cm³/mol. The largest absolute Gasteiger partial charge is 0.399 e. The van der Waals surface area contributed by atoms with Crippen molar-refractivity contribution in [1.29, 1.82) is 0 Å². The van der Waals surface area contributed by atoms with Gasteiger partial charge in [-0.1, -0.05) is 11.6 Å². The minimum atomic E-state index is -0.167. The molecule has 0 saturated carbocycles. The number of amides is 1. The summed E-state index contributed by atoms with van der Waals surface area (Å²) in [5.41, 5.74) is 6.60. The van der Waals surface area contributed by atoms with Crippen LogP contribution in [0.1, 0.15) is 23.2 Å². The van der Waals surface area contributed by atoms with Gasteiger partial charge in [0, 0.05) is 36.5 Å². The fourth-order valence-corrected chi connectivity index (χ4v) is 1.86. The molecule has 0 unspecified atom stereocenters. The molecule has 1 aromatic rings. The summed E-state index contributed by atoms with van der Waals surface area (Å²) in [4.78, 5) is 11.9. The number of nitrogens with one attached hydrogen (secondary N) is 1. The van der Waals surface area contributed by atoms with Crippen molar-refractivity contribution >= 4 is 23.2 Å². The lowest BCUT2D eigenvalue weighted by molar-refractivity contribution is 0.0686. The number of ether oxygens (including phenoxy) is 2. The van der Waals surface area contributed by atoms with E-state index in [0.717, 1.165) is 12.8 Å². The van der Waals surface area contributed by atoms with Crippen molar-refractivity contribution in [1.82, 2.24) is 5.32 Å². The van der Waals surface area contributed by atoms with Gasteiger partial charge in [0.05, 0.1) is 13.2 Å².